The molecule has 1 aromatic heterocycles. The summed E-state index contributed by atoms with van der Waals surface area (Å²) in [4.78, 5) is 36.6. The number of urea groups is 1. The van der Waals surface area contributed by atoms with Crippen molar-refractivity contribution in [2.24, 2.45) is 12.5 Å². The number of aromatic nitrogens is 3. The van der Waals surface area contributed by atoms with Gasteiger partial charge in [-0.15, -0.1) is 10.2 Å². The fourth-order valence-electron chi connectivity index (χ4n) is 2.25. The maximum absolute atomic E-state index is 12.2. The summed E-state index contributed by atoms with van der Waals surface area (Å²) < 4.78 is 1.73. The highest BCUT2D eigenvalue weighted by molar-refractivity contribution is 6.20. The third kappa shape index (κ3) is 1.71. The van der Waals surface area contributed by atoms with Gasteiger partial charge in [0.05, 0.1) is 0 Å². The molecule has 1 aromatic rings. The molecule has 1 aliphatic heterocycles. The predicted octanol–water partition coefficient (Wildman–Crippen LogP) is -0.784. The second-order valence-corrected chi connectivity index (χ2v) is 4.91. The molecule has 0 bridgehead atoms. The van der Waals surface area contributed by atoms with E-state index in [1.807, 2.05) is 0 Å². The molecule has 2 heterocycles. The van der Waals surface area contributed by atoms with Gasteiger partial charge in [0.15, 0.2) is 0 Å². The third-order valence-electron chi connectivity index (χ3n) is 3.67. The molecule has 1 saturated carbocycles. The van der Waals surface area contributed by atoms with Crippen molar-refractivity contribution in [3.8, 4) is 0 Å². The van der Waals surface area contributed by atoms with Gasteiger partial charge >= 0.3 is 6.03 Å². The van der Waals surface area contributed by atoms with E-state index in [9.17, 15) is 14.4 Å². The van der Waals surface area contributed by atoms with E-state index in [4.69, 9.17) is 0 Å². The minimum absolute atomic E-state index is 0.201. The number of nitrogens with one attached hydrogen (secondary N) is 1. The van der Waals surface area contributed by atoms with Gasteiger partial charge in [0.25, 0.3) is 0 Å². The van der Waals surface area contributed by atoms with Crippen LogP contribution in [-0.2, 0) is 23.1 Å². The van der Waals surface area contributed by atoms with Crippen molar-refractivity contribution in [1.82, 2.24) is 25.0 Å². The van der Waals surface area contributed by atoms with Crippen LogP contribution in [0.4, 0.5) is 4.79 Å². The van der Waals surface area contributed by atoms with Crippen molar-refractivity contribution >= 4 is 17.8 Å². The highest BCUT2D eigenvalue weighted by Crippen LogP contribution is 2.48. The molecule has 3 rings (SSSR count). The van der Waals surface area contributed by atoms with Crippen LogP contribution in [0.25, 0.3) is 0 Å². The van der Waals surface area contributed by atoms with Crippen molar-refractivity contribution in [2.45, 2.75) is 19.3 Å². The summed E-state index contributed by atoms with van der Waals surface area (Å²) in [7, 11) is 1.79. The normalized spacial score (nSPS) is 20.9. The molecule has 0 unspecified atom stereocenters. The quantitative estimate of drug-likeness (QED) is 0.721. The van der Waals surface area contributed by atoms with E-state index in [0.29, 0.717) is 25.1 Å². The van der Waals surface area contributed by atoms with Crippen molar-refractivity contribution in [3.63, 3.8) is 0 Å². The van der Waals surface area contributed by atoms with E-state index >= 15 is 0 Å². The maximum Gasteiger partial charge on any atom is 0.330 e. The summed E-state index contributed by atoms with van der Waals surface area (Å²) in [5, 5.41) is 9.87. The van der Waals surface area contributed by atoms with Crippen LogP contribution in [0.1, 0.15) is 18.7 Å². The zero-order chi connectivity index (χ0) is 13.6. The zero-order valence-electron chi connectivity index (χ0n) is 10.4. The van der Waals surface area contributed by atoms with Gasteiger partial charge in [-0.25, -0.2) is 4.79 Å². The Labute approximate surface area is 108 Å². The Kier molecular flexibility index (Phi) is 2.41. The number of aryl methyl sites for hydroxylation is 1. The number of amides is 4. The van der Waals surface area contributed by atoms with E-state index in [-0.39, 0.29) is 12.5 Å². The third-order valence-corrected chi connectivity index (χ3v) is 3.67. The first-order valence-corrected chi connectivity index (χ1v) is 6.05. The largest absolute Gasteiger partial charge is 0.330 e. The van der Waals surface area contributed by atoms with Crippen LogP contribution in [0, 0.1) is 5.41 Å². The van der Waals surface area contributed by atoms with Gasteiger partial charge in [-0.1, -0.05) is 0 Å². The van der Waals surface area contributed by atoms with Crippen LogP contribution >= 0.6 is 0 Å². The average molecular weight is 263 g/mol. The number of hydrogen-bond acceptors (Lipinski definition) is 5. The van der Waals surface area contributed by atoms with Crippen molar-refractivity contribution in [2.75, 3.05) is 6.54 Å². The van der Waals surface area contributed by atoms with E-state index in [2.05, 4.69) is 15.5 Å². The zero-order valence-corrected chi connectivity index (χ0v) is 10.4. The molecule has 1 spiro atoms. The monoisotopic (exact) mass is 263 g/mol. The van der Waals surface area contributed by atoms with E-state index in [1.165, 1.54) is 0 Å². The van der Waals surface area contributed by atoms with Crippen molar-refractivity contribution in [3.05, 3.63) is 12.2 Å². The number of imide groups is 2. The van der Waals surface area contributed by atoms with Crippen LogP contribution in [0.2, 0.25) is 0 Å². The lowest BCUT2D eigenvalue weighted by Crippen LogP contribution is -2.59. The molecule has 2 fully saturated rings. The van der Waals surface area contributed by atoms with Crippen LogP contribution in [-0.4, -0.2) is 44.1 Å². The molecule has 19 heavy (non-hydrogen) atoms. The van der Waals surface area contributed by atoms with E-state index < -0.39 is 17.4 Å². The molecule has 4 amide bonds. The first-order chi connectivity index (χ1) is 9.04. The lowest BCUT2D eigenvalue weighted by molar-refractivity contribution is -0.144. The summed E-state index contributed by atoms with van der Waals surface area (Å²) >= 11 is 0. The Hall–Kier alpha value is -2.25. The van der Waals surface area contributed by atoms with E-state index in [0.717, 1.165) is 4.90 Å². The molecular formula is C11H13N5O3. The molecule has 1 aliphatic carbocycles. The van der Waals surface area contributed by atoms with Gasteiger partial charge in [0.2, 0.25) is 11.8 Å². The van der Waals surface area contributed by atoms with Crippen LogP contribution in [0.15, 0.2) is 6.33 Å². The smallest absolute Gasteiger partial charge is 0.321 e. The minimum atomic E-state index is -0.978. The molecule has 0 aromatic carbocycles. The molecule has 1 saturated heterocycles. The van der Waals surface area contributed by atoms with Gasteiger partial charge in [-0.05, 0) is 12.8 Å². The van der Waals surface area contributed by atoms with Gasteiger partial charge in [0, 0.05) is 20.0 Å². The van der Waals surface area contributed by atoms with Crippen molar-refractivity contribution in [1.29, 1.82) is 0 Å². The van der Waals surface area contributed by atoms with Gasteiger partial charge in [-0.3, -0.25) is 19.8 Å². The second-order valence-electron chi connectivity index (χ2n) is 4.91. The molecule has 100 valence electrons. The molecule has 2 aliphatic rings. The Morgan fingerprint density at radius 1 is 1.37 bits per heavy atom. The summed E-state index contributed by atoms with van der Waals surface area (Å²) in [6, 6.07) is -0.644. The highest BCUT2D eigenvalue weighted by Gasteiger charge is 2.62. The molecule has 8 heteroatoms. The predicted molar refractivity (Wildman–Crippen MR) is 61.6 cm³/mol. The Morgan fingerprint density at radius 2 is 2.11 bits per heavy atom. The number of rotatable bonds is 3. The summed E-state index contributed by atoms with van der Waals surface area (Å²) in [5.74, 6) is -0.164. The number of carbonyl (C=O) groups excluding carboxylic acids is 3. The van der Waals surface area contributed by atoms with Gasteiger partial charge in [-0.2, -0.15) is 0 Å². The lowest BCUT2D eigenvalue weighted by atomic mass is 10.0. The lowest BCUT2D eigenvalue weighted by Gasteiger charge is -2.29. The Morgan fingerprint density at radius 3 is 2.68 bits per heavy atom. The van der Waals surface area contributed by atoms with Crippen LogP contribution in [0.3, 0.4) is 0 Å². The number of hydrogen-bond donors (Lipinski definition) is 1. The molecule has 0 radical (unpaired) electrons. The number of carbonyl (C=O) groups is 3. The molecule has 8 nitrogen and oxygen atoms in total. The van der Waals surface area contributed by atoms with Crippen LogP contribution in [0.5, 0.6) is 0 Å². The molecule has 0 atom stereocenters. The second kappa shape index (κ2) is 3.87. The van der Waals surface area contributed by atoms with Crippen LogP contribution < -0.4 is 5.32 Å². The Balaban J connectivity index is 1.73. The Bertz CT molecular complexity index is 575. The number of barbiturate groups is 1. The minimum Gasteiger partial charge on any atom is -0.321 e. The fourth-order valence-corrected chi connectivity index (χ4v) is 2.25. The van der Waals surface area contributed by atoms with Gasteiger partial charge in [0.1, 0.15) is 17.6 Å². The summed E-state index contributed by atoms with van der Waals surface area (Å²) in [5.41, 5.74) is -0.978. The summed E-state index contributed by atoms with van der Waals surface area (Å²) in [6.45, 7) is 0.201. The van der Waals surface area contributed by atoms with Crippen molar-refractivity contribution < 1.29 is 14.4 Å². The first-order valence-electron chi connectivity index (χ1n) is 6.05. The van der Waals surface area contributed by atoms with E-state index in [1.54, 1.807) is 17.9 Å². The summed E-state index contributed by atoms with van der Waals surface area (Å²) in [6.07, 6.45) is 3.01. The molecule has 1 N–H and O–H groups in total. The first kappa shape index (κ1) is 11.8. The molecular weight excluding hydrogens is 250 g/mol. The standard InChI is InChI=1S/C11H13N5O3/c1-15-6-12-14-7(15)2-5-16-9(18)11(3-4-11)8(17)13-10(16)19/h6H,2-5H2,1H3,(H,13,17,19). The topological polar surface area (TPSA) is 97.2 Å². The highest BCUT2D eigenvalue weighted by atomic mass is 16.2. The maximum atomic E-state index is 12.2. The van der Waals surface area contributed by atoms with Gasteiger partial charge < -0.3 is 4.57 Å². The average Bonchev–Trinajstić information content (AvgIpc) is 3.07. The fraction of sp³-hybridized carbons (Fsp3) is 0.545. The SMILES string of the molecule is Cn1cnnc1CCN1C(=O)NC(=O)C2(CC2)C1=O. The number of nitrogens with zero attached hydrogens (tertiary/aromatic N) is 4.